The molecule has 1 heterocycles. The molecule has 3 atom stereocenters. The first-order chi connectivity index (χ1) is 10.0. The van der Waals surface area contributed by atoms with Gasteiger partial charge < -0.3 is 9.73 Å². The van der Waals surface area contributed by atoms with Gasteiger partial charge in [-0.2, -0.15) is 4.98 Å². The Balaban J connectivity index is 1.82. The Morgan fingerprint density at radius 1 is 1.38 bits per heavy atom. The highest BCUT2D eigenvalue weighted by Crippen LogP contribution is 2.32. The lowest BCUT2D eigenvalue weighted by Gasteiger charge is -2.34. The zero-order valence-electron chi connectivity index (χ0n) is 12.2. The Morgan fingerprint density at radius 2 is 2.19 bits per heavy atom. The summed E-state index contributed by atoms with van der Waals surface area (Å²) in [5.74, 6) is 1.24. The zero-order valence-corrected chi connectivity index (χ0v) is 12.2. The predicted octanol–water partition coefficient (Wildman–Crippen LogP) is 3.97. The van der Waals surface area contributed by atoms with Crippen molar-refractivity contribution in [1.29, 1.82) is 0 Å². The maximum Gasteiger partial charge on any atom is 0.295 e. The van der Waals surface area contributed by atoms with Gasteiger partial charge in [0, 0.05) is 12.1 Å². The second-order valence-corrected chi connectivity index (χ2v) is 5.95. The fourth-order valence-electron chi connectivity index (χ4n) is 3.03. The van der Waals surface area contributed by atoms with Crippen molar-refractivity contribution in [2.45, 2.75) is 39.2 Å². The van der Waals surface area contributed by atoms with E-state index in [4.69, 9.17) is 4.42 Å². The largest absolute Gasteiger partial charge is 0.423 e. The molecule has 1 aromatic carbocycles. The van der Waals surface area contributed by atoms with Crippen LogP contribution in [0.2, 0.25) is 0 Å². The van der Waals surface area contributed by atoms with E-state index < -0.39 is 4.92 Å². The summed E-state index contributed by atoms with van der Waals surface area (Å²) in [5.41, 5.74) is 1.10. The molecule has 0 spiro atoms. The first kappa shape index (κ1) is 13.9. The summed E-state index contributed by atoms with van der Waals surface area (Å²) in [6.45, 7) is 4.52. The topological polar surface area (TPSA) is 81.2 Å². The summed E-state index contributed by atoms with van der Waals surface area (Å²) in [5, 5.41) is 14.1. The van der Waals surface area contributed by atoms with Crippen molar-refractivity contribution in [3.63, 3.8) is 0 Å². The van der Waals surface area contributed by atoms with Crippen LogP contribution in [0.25, 0.3) is 11.1 Å². The maximum atomic E-state index is 10.8. The van der Waals surface area contributed by atoms with Crippen LogP contribution >= 0.6 is 0 Å². The van der Waals surface area contributed by atoms with Crippen molar-refractivity contribution in [3.8, 4) is 0 Å². The molecule has 3 unspecified atom stereocenters. The number of fused-ring (bicyclic) bond motifs is 1. The van der Waals surface area contributed by atoms with Crippen molar-refractivity contribution in [3.05, 3.63) is 28.3 Å². The first-order valence-electron chi connectivity index (χ1n) is 7.36. The zero-order chi connectivity index (χ0) is 15.0. The SMILES string of the molecule is CC1CCCC(Nc2nc3ccc([N+](=O)[O-])cc3o2)C1C. The molecule has 21 heavy (non-hydrogen) atoms. The van der Waals surface area contributed by atoms with Gasteiger partial charge in [0.15, 0.2) is 5.58 Å². The van der Waals surface area contributed by atoms with Gasteiger partial charge in [0.2, 0.25) is 0 Å². The van der Waals surface area contributed by atoms with Crippen molar-refractivity contribution < 1.29 is 9.34 Å². The number of benzene rings is 1. The van der Waals surface area contributed by atoms with E-state index in [0.717, 1.165) is 6.42 Å². The average molecular weight is 289 g/mol. The summed E-state index contributed by atoms with van der Waals surface area (Å²) in [6.07, 6.45) is 3.57. The molecule has 1 saturated carbocycles. The Bertz CT molecular complexity index is 667. The minimum Gasteiger partial charge on any atom is -0.423 e. The van der Waals surface area contributed by atoms with E-state index in [1.54, 1.807) is 6.07 Å². The van der Waals surface area contributed by atoms with Crippen LogP contribution in [-0.4, -0.2) is 15.9 Å². The van der Waals surface area contributed by atoms with E-state index in [9.17, 15) is 10.1 Å². The highest BCUT2D eigenvalue weighted by Gasteiger charge is 2.28. The second-order valence-electron chi connectivity index (χ2n) is 5.95. The van der Waals surface area contributed by atoms with Crippen LogP contribution in [0.5, 0.6) is 0 Å². The lowest BCUT2D eigenvalue weighted by Crippen LogP contribution is -2.35. The third kappa shape index (κ3) is 2.70. The van der Waals surface area contributed by atoms with Gasteiger partial charge >= 0.3 is 0 Å². The van der Waals surface area contributed by atoms with Crippen LogP contribution in [0.15, 0.2) is 22.6 Å². The van der Waals surface area contributed by atoms with Crippen molar-refractivity contribution in [2.75, 3.05) is 5.32 Å². The molecule has 3 rings (SSSR count). The van der Waals surface area contributed by atoms with E-state index in [-0.39, 0.29) is 5.69 Å². The number of aromatic nitrogens is 1. The minimum absolute atomic E-state index is 0.0184. The molecule has 112 valence electrons. The molecular formula is C15H19N3O3. The maximum absolute atomic E-state index is 10.8. The highest BCUT2D eigenvalue weighted by molar-refractivity contribution is 5.77. The summed E-state index contributed by atoms with van der Waals surface area (Å²) in [7, 11) is 0. The van der Waals surface area contributed by atoms with Gasteiger partial charge in [0.1, 0.15) is 5.52 Å². The standard InChI is InChI=1S/C15H19N3O3/c1-9-4-3-5-12(10(9)2)16-15-17-13-7-6-11(18(19)20)8-14(13)21-15/h6-10,12H,3-5H2,1-2H3,(H,16,17). The number of non-ortho nitro benzene ring substituents is 1. The molecule has 1 aliphatic rings. The number of nitro benzene ring substituents is 1. The molecule has 0 aliphatic heterocycles. The minimum atomic E-state index is -0.431. The Labute approximate surface area is 122 Å². The van der Waals surface area contributed by atoms with Crippen LogP contribution in [0.3, 0.4) is 0 Å². The van der Waals surface area contributed by atoms with Crippen LogP contribution in [0, 0.1) is 22.0 Å². The molecule has 0 radical (unpaired) electrons. The van der Waals surface area contributed by atoms with Crippen molar-refractivity contribution >= 4 is 22.8 Å². The van der Waals surface area contributed by atoms with Crippen molar-refractivity contribution in [1.82, 2.24) is 4.98 Å². The van der Waals surface area contributed by atoms with Gasteiger partial charge in [-0.3, -0.25) is 10.1 Å². The highest BCUT2D eigenvalue weighted by atomic mass is 16.6. The van der Waals surface area contributed by atoms with Crippen LogP contribution in [-0.2, 0) is 0 Å². The average Bonchev–Trinajstić information content (AvgIpc) is 2.85. The number of oxazole rings is 1. The van der Waals surface area contributed by atoms with Crippen LogP contribution in [0.1, 0.15) is 33.1 Å². The predicted molar refractivity (Wildman–Crippen MR) is 80.3 cm³/mol. The van der Waals surface area contributed by atoms with Gasteiger partial charge in [-0.25, -0.2) is 0 Å². The number of anilines is 1. The van der Waals surface area contributed by atoms with Crippen LogP contribution in [0.4, 0.5) is 11.7 Å². The number of rotatable bonds is 3. The normalized spacial score (nSPS) is 25.9. The van der Waals surface area contributed by atoms with E-state index in [0.29, 0.717) is 35.0 Å². The van der Waals surface area contributed by atoms with Crippen molar-refractivity contribution in [2.24, 2.45) is 11.8 Å². The number of hydrogen-bond donors (Lipinski definition) is 1. The summed E-state index contributed by atoms with van der Waals surface area (Å²) in [6, 6.07) is 5.28. The van der Waals surface area contributed by atoms with Crippen LogP contribution < -0.4 is 5.32 Å². The molecule has 2 aromatic rings. The fraction of sp³-hybridized carbons (Fsp3) is 0.533. The van der Waals surface area contributed by atoms with E-state index in [1.165, 1.54) is 25.0 Å². The lowest BCUT2D eigenvalue weighted by molar-refractivity contribution is -0.384. The second kappa shape index (κ2) is 5.35. The smallest absolute Gasteiger partial charge is 0.295 e. The molecule has 1 aromatic heterocycles. The lowest BCUT2D eigenvalue weighted by atomic mass is 9.78. The fourth-order valence-corrected chi connectivity index (χ4v) is 3.03. The molecule has 6 heteroatoms. The Kier molecular flexibility index (Phi) is 3.53. The van der Waals surface area contributed by atoms with Gasteiger partial charge in [-0.15, -0.1) is 0 Å². The molecule has 0 saturated heterocycles. The third-order valence-corrected chi connectivity index (χ3v) is 4.60. The first-order valence-corrected chi connectivity index (χ1v) is 7.36. The summed E-state index contributed by atoms with van der Waals surface area (Å²) in [4.78, 5) is 14.7. The quantitative estimate of drug-likeness (QED) is 0.683. The molecule has 6 nitrogen and oxygen atoms in total. The molecule has 1 aliphatic carbocycles. The summed E-state index contributed by atoms with van der Waals surface area (Å²) >= 11 is 0. The molecule has 1 fully saturated rings. The molecular weight excluding hydrogens is 270 g/mol. The molecule has 1 N–H and O–H groups in total. The number of nitrogens with zero attached hydrogens (tertiary/aromatic N) is 2. The third-order valence-electron chi connectivity index (χ3n) is 4.60. The molecule has 0 amide bonds. The number of hydrogen-bond acceptors (Lipinski definition) is 5. The molecule has 0 bridgehead atoms. The van der Waals surface area contributed by atoms with Gasteiger partial charge in [0.25, 0.3) is 11.7 Å². The van der Waals surface area contributed by atoms with E-state index in [2.05, 4.69) is 24.1 Å². The van der Waals surface area contributed by atoms with Gasteiger partial charge in [0.05, 0.1) is 11.0 Å². The number of nitro groups is 1. The Hall–Kier alpha value is -2.11. The Morgan fingerprint density at radius 3 is 2.95 bits per heavy atom. The van der Waals surface area contributed by atoms with E-state index >= 15 is 0 Å². The van der Waals surface area contributed by atoms with Gasteiger partial charge in [-0.1, -0.05) is 26.7 Å². The number of nitrogens with one attached hydrogen (secondary N) is 1. The van der Waals surface area contributed by atoms with E-state index in [1.807, 2.05) is 0 Å². The summed E-state index contributed by atoms with van der Waals surface area (Å²) < 4.78 is 5.62. The monoisotopic (exact) mass is 289 g/mol. The van der Waals surface area contributed by atoms with Gasteiger partial charge in [-0.05, 0) is 24.3 Å².